The largest absolute Gasteiger partial charge is 0.396 e. The number of fused-ring (bicyclic) bond motifs is 1. The third-order valence-corrected chi connectivity index (χ3v) is 2.57. The van der Waals surface area contributed by atoms with Crippen LogP contribution in [-0.4, -0.2) is 19.8 Å². The second-order valence-corrected chi connectivity index (χ2v) is 3.96. The molecular formula is C12H11N5. The molecule has 2 heterocycles. The quantitative estimate of drug-likeness (QED) is 0.684. The van der Waals surface area contributed by atoms with Crippen molar-refractivity contribution in [2.75, 3.05) is 5.73 Å². The van der Waals surface area contributed by atoms with Crippen molar-refractivity contribution in [2.45, 2.75) is 6.92 Å². The van der Waals surface area contributed by atoms with E-state index in [0.717, 1.165) is 11.3 Å². The molecule has 2 aromatic heterocycles. The Labute approximate surface area is 97.9 Å². The Bertz CT molecular complexity index is 686. The first kappa shape index (κ1) is 9.77. The minimum atomic E-state index is 0.568. The molecule has 17 heavy (non-hydrogen) atoms. The molecule has 2 N–H and O–H groups in total. The lowest BCUT2D eigenvalue weighted by atomic mass is 10.1. The molecular weight excluding hydrogens is 214 g/mol. The zero-order valence-corrected chi connectivity index (χ0v) is 9.33. The van der Waals surface area contributed by atoms with Crippen LogP contribution in [0.15, 0.2) is 36.7 Å². The van der Waals surface area contributed by atoms with Gasteiger partial charge in [0.15, 0.2) is 5.65 Å². The van der Waals surface area contributed by atoms with Gasteiger partial charge < -0.3 is 5.73 Å². The van der Waals surface area contributed by atoms with Crippen molar-refractivity contribution in [2.24, 2.45) is 0 Å². The van der Waals surface area contributed by atoms with E-state index in [1.165, 1.54) is 5.56 Å². The summed E-state index contributed by atoms with van der Waals surface area (Å²) in [6.07, 6.45) is 3.31. The maximum absolute atomic E-state index is 5.64. The van der Waals surface area contributed by atoms with E-state index in [4.69, 9.17) is 5.73 Å². The van der Waals surface area contributed by atoms with Crippen molar-refractivity contribution in [1.82, 2.24) is 19.8 Å². The number of aryl methyl sites for hydroxylation is 1. The molecule has 0 unspecified atom stereocenters. The molecule has 0 saturated carbocycles. The van der Waals surface area contributed by atoms with Crippen LogP contribution >= 0.6 is 0 Å². The molecule has 0 saturated heterocycles. The topological polar surface area (TPSA) is 69.1 Å². The molecule has 3 rings (SSSR count). The summed E-state index contributed by atoms with van der Waals surface area (Å²) in [5.41, 5.74) is 9.89. The van der Waals surface area contributed by atoms with Gasteiger partial charge >= 0.3 is 0 Å². The molecule has 0 radical (unpaired) electrons. The van der Waals surface area contributed by atoms with Crippen LogP contribution in [0.2, 0.25) is 0 Å². The van der Waals surface area contributed by atoms with Crippen molar-refractivity contribution >= 4 is 11.3 Å². The third-order valence-electron chi connectivity index (χ3n) is 2.57. The van der Waals surface area contributed by atoms with Gasteiger partial charge in [-0.15, -0.1) is 5.10 Å². The monoisotopic (exact) mass is 225 g/mol. The Morgan fingerprint density at radius 1 is 1.29 bits per heavy atom. The summed E-state index contributed by atoms with van der Waals surface area (Å²) in [5, 5.41) is 8.15. The van der Waals surface area contributed by atoms with Crippen LogP contribution in [0, 0.1) is 6.92 Å². The minimum absolute atomic E-state index is 0.568. The maximum Gasteiger partial charge on any atom is 0.183 e. The van der Waals surface area contributed by atoms with E-state index >= 15 is 0 Å². The molecule has 0 fully saturated rings. The first-order chi connectivity index (χ1) is 8.24. The number of nitrogens with two attached hydrogens (primary N) is 1. The normalized spacial score (nSPS) is 10.9. The number of hydrogen-bond acceptors (Lipinski definition) is 4. The smallest absolute Gasteiger partial charge is 0.183 e. The number of benzene rings is 1. The fourth-order valence-electron chi connectivity index (χ4n) is 1.79. The van der Waals surface area contributed by atoms with E-state index in [9.17, 15) is 0 Å². The average molecular weight is 225 g/mol. The predicted molar refractivity (Wildman–Crippen MR) is 65.4 cm³/mol. The average Bonchev–Trinajstić information content (AvgIpc) is 2.71. The van der Waals surface area contributed by atoms with Crippen molar-refractivity contribution in [3.05, 3.63) is 42.2 Å². The highest BCUT2D eigenvalue weighted by atomic mass is 15.4. The zero-order chi connectivity index (χ0) is 11.8. The van der Waals surface area contributed by atoms with Crippen molar-refractivity contribution in [3.63, 3.8) is 0 Å². The van der Waals surface area contributed by atoms with E-state index in [0.29, 0.717) is 11.3 Å². The Morgan fingerprint density at radius 2 is 2.18 bits per heavy atom. The predicted octanol–water partition coefficient (Wildman–Crippen LogP) is 1.68. The van der Waals surface area contributed by atoms with Gasteiger partial charge in [-0.05, 0) is 13.0 Å². The van der Waals surface area contributed by atoms with Gasteiger partial charge in [0.1, 0.15) is 5.69 Å². The highest BCUT2D eigenvalue weighted by Crippen LogP contribution is 2.21. The lowest BCUT2D eigenvalue weighted by Gasteiger charge is -1.99. The number of nitrogen functional groups attached to an aromatic ring is 1. The second kappa shape index (κ2) is 3.55. The third kappa shape index (κ3) is 1.61. The lowest BCUT2D eigenvalue weighted by Crippen LogP contribution is -1.94. The molecule has 0 spiro atoms. The Kier molecular flexibility index (Phi) is 2.04. The Hall–Kier alpha value is -2.43. The number of nitrogens with zero attached hydrogens (tertiary/aromatic N) is 4. The first-order valence-corrected chi connectivity index (χ1v) is 5.27. The van der Waals surface area contributed by atoms with Crippen molar-refractivity contribution in [3.8, 4) is 11.3 Å². The molecule has 1 aromatic carbocycles. The van der Waals surface area contributed by atoms with E-state index in [2.05, 4.69) is 21.4 Å². The van der Waals surface area contributed by atoms with Gasteiger partial charge in [0.05, 0.1) is 18.1 Å². The standard InChI is InChI=1S/C12H11N5/c1-8-3-2-4-9(5-8)11-12-14-6-10(13)7-17(12)16-15-11/h2-7H,13H2,1H3. The molecule has 0 aliphatic carbocycles. The fourth-order valence-corrected chi connectivity index (χ4v) is 1.79. The summed E-state index contributed by atoms with van der Waals surface area (Å²) < 4.78 is 1.59. The van der Waals surface area contributed by atoms with Crippen LogP contribution in [0.1, 0.15) is 5.56 Å². The molecule has 5 heteroatoms. The summed E-state index contributed by atoms with van der Waals surface area (Å²) in [7, 11) is 0. The highest BCUT2D eigenvalue weighted by molar-refractivity contribution is 5.73. The fraction of sp³-hybridized carbons (Fsp3) is 0.0833. The highest BCUT2D eigenvalue weighted by Gasteiger charge is 2.09. The summed E-state index contributed by atoms with van der Waals surface area (Å²) in [6, 6.07) is 8.09. The molecule has 0 atom stereocenters. The van der Waals surface area contributed by atoms with Gasteiger partial charge in [0, 0.05) is 5.56 Å². The van der Waals surface area contributed by atoms with Crippen LogP contribution in [0.25, 0.3) is 16.9 Å². The van der Waals surface area contributed by atoms with Crippen LogP contribution < -0.4 is 5.73 Å². The second-order valence-electron chi connectivity index (χ2n) is 3.96. The summed E-state index contributed by atoms with van der Waals surface area (Å²) in [4.78, 5) is 4.26. The van der Waals surface area contributed by atoms with Gasteiger partial charge in [-0.25, -0.2) is 4.98 Å². The minimum Gasteiger partial charge on any atom is -0.396 e. The van der Waals surface area contributed by atoms with Gasteiger partial charge in [-0.3, -0.25) is 0 Å². The number of hydrogen-bond donors (Lipinski definition) is 1. The van der Waals surface area contributed by atoms with Gasteiger partial charge in [0.25, 0.3) is 0 Å². The van der Waals surface area contributed by atoms with E-state index in [1.807, 2.05) is 25.1 Å². The molecule has 0 aliphatic heterocycles. The van der Waals surface area contributed by atoms with Gasteiger partial charge in [-0.1, -0.05) is 29.0 Å². The zero-order valence-electron chi connectivity index (χ0n) is 9.33. The van der Waals surface area contributed by atoms with E-state index < -0.39 is 0 Å². The SMILES string of the molecule is Cc1cccc(-c2nnn3cc(N)cnc23)c1. The number of aromatic nitrogens is 4. The van der Waals surface area contributed by atoms with Crippen LogP contribution in [0.5, 0.6) is 0 Å². The number of rotatable bonds is 1. The first-order valence-electron chi connectivity index (χ1n) is 5.27. The summed E-state index contributed by atoms with van der Waals surface area (Å²) >= 11 is 0. The molecule has 3 aromatic rings. The van der Waals surface area contributed by atoms with E-state index in [1.54, 1.807) is 16.9 Å². The molecule has 0 aliphatic rings. The summed E-state index contributed by atoms with van der Waals surface area (Å²) in [6.45, 7) is 2.04. The molecule has 0 bridgehead atoms. The number of anilines is 1. The van der Waals surface area contributed by atoms with E-state index in [-0.39, 0.29) is 0 Å². The van der Waals surface area contributed by atoms with Crippen molar-refractivity contribution < 1.29 is 0 Å². The summed E-state index contributed by atoms with van der Waals surface area (Å²) in [5.74, 6) is 0. The van der Waals surface area contributed by atoms with Crippen LogP contribution in [-0.2, 0) is 0 Å². The van der Waals surface area contributed by atoms with Crippen LogP contribution in [0.4, 0.5) is 5.69 Å². The van der Waals surface area contributed by atoms with Gasteiger partial charge in [-0.2, -0.15) is 4.52 Å². The van der Waals surface area contributed by atoms with Crippen molar-refractivity contribution in [1.29, 1.82) is 0 Å². The lowest BCUT2D eigenvalue weighted by molar-refractivity contribution is 0.849. The molecule has 5 nitrogen and oxygen atoms in total. The Balaban J connectivity index is 2.24. The molecule has 0 amide bonds. The molecule has 84 valence electrons. The van der Waals surface area contributed by atoms with Crippen LogP contribution in [0.3, 0.4) is 0 Å². The maximum atomic E-state index is 5.64. The Morgan fingerprint density at radius 3 is 3.00 bits per heavy atom. The van der Waals surface area contributed by atoms with Gasteiger partial charge in [0.2, 0.25) is 0 Å².